The lowest BCUT2D eigenvalue weighted by Crippen LogP contribution is -2.36. The highest BCUT2D eigenvalue weighted by atomic mass is 32.1. The van der Waals surface area contributed by atoms with E-state index in [1.54, 1.807) is 11.3 Å². The van der Waals surface area contributed by atoms with Gasteiger partial charge in [0.2, 0.25) is 18.2 Å². The van der Waals surface area contributed by atoms with Crippen LogP contribution in [0.2, 0.25) is 0 Å². The molecule has 0 aliphatic carbocycles. The fourth-order valence-electron chi connectivity index (χ4n) is 3.34. The van der Waals surface area contributed by atoms with Gasteiger partial charge in [0.25, 0.3) is 0 Å². The third-order valence-electron chi connectivity index (χ3n) is 4.69. The molecule has 4 heterocycles. The molecule has 1 amide bonds. The van der Waals surface area contributed by atoms with E-state index in [0.29, 0.717) is 29.7 Å². The van der Waals surface area contributed by atoms with Crippen LogP contribution < -0.4 is 0 Å². The summed E-state index contributed by atoms with van der Waals surface area (Å²) in [5.41, 5.74) is 0.689. The first-order valence-electron chi connectivity index (χ1n) is 8.78. The third kappa shape index (κ3) is 3.41. The predicted molar refractivity (Wildman–Crippen MR) is 95.5 cm³/mol. The van der Waals surface area contributed by atoms with Gasteiger partial charge in [0.1, 0.15) is 5.76 Å². The average Bonchev–Trinajstić information content (AvgIpc) is 3.36. The number of amides is 1. The number of likely N-dealkylation sites (tertiary alicyclic amines) is 1. The molecule has 0 saturated carbocycles. The maximum atomic E-state index is 13.0. The molecule has 1 saturated heterocycles. The number of thiophene rings is 1. The van der Waals surface area contributed by atoms with Crippen molar-refractivity contribution in [2.75, 3.05) is 6.54 Å². The van der Waals surface area contributed by atoms with Crippen molar-refractivity contribution >= 4 is 17.2 Å². The second kappa shape index (κ2) is 7.41. The molecule has 3 aromatic rings. The van der Waals surface area contributed by atoms with Gasteiger partial charge in [0.15, 0.2) is 5.82 Å². The number of carbonyl (C=O) groups is 1. The number of aromatic nitrogens is 3. The van der Waals surface area contributed by atoms with Crippen LogP contribution >= 0.6 is 11.3 Å². The van der Waals surface area contributed by atoms with Crippen LogP contribution in [0.3, 0.4) is 0 Å². The number of oxazole rings is 1. The average molecular weight is 372 g/mol. The quantitative estimate of drug-likeness (QED) is 0.693. The van der Waals surface area contributed by atoms with Crippen molar-refractivity contribution in [1.29, 1.82) is 0 Å². The van der Waals surface area contributed by atoms with Crippen molar-refractivity contribution in [2.45, 2.75) is 45.1 Å². The maximum absolute atomic E-state index is 13.0. The molecule has 26 heavy (non-hydrogen) atoms. The van der Waals surface area contributed by atoms with Gasteiger partial charge >= 0.3 is 0 Å². The highest BCUT2D eigenvalue weighted by Crippen LogP contribution is 2.30. The summed E-state index contributed by atoms with van der Waals surface area (Å²) in [4.78, 5) is 24.6. The summed E-state index contributed by atoms with van der Waals surface area (Å²) in [7, 11) is 0. The molecular formula is C18H20N4O3S. The summed E-state index contributed by atoms with van der Waals surface area (Å²) in [5.74, 6) is 1.87. The van der Waals surface area contributed by atoms with E-state index < -0.39 is 0 Å². The first-order chi connectivity index (χ1) is 12.7. The monoisotopic (exact) mass is 372 g/mol. The molecule has 1 unspecified atom stereocenters. The topological polar surface area (TPSA) is 85.3 Å². The molecule has 0 radical (unpaired) electrons. The Labute approximate surface area is 155 Å². The Bertz CT molecular complexity index is 857. The molecule has 1 aliphatic rings. The van der Waals surface area contributed by atoms with Gasteiger partial charge in [-0.25, -0.2) is 4.98 Å². The van der Waals surface area contributed by atoms with E-state index in [1.165, 1.54) is 6.39 Å². The molecule has 1 atom stereocenters. The second-order valence-electron chi connectivity index (χ2n) is 6.42. The van der Waals surface area contributed by atoms with Gasteiger partial charge in [-0.05, 0) is 31.2 Å². The lowest BCUT2D eigenvalue weighted by atomic mass is 10.1. The van der Waals surface area contributed by atoms with Crippen LogP contribution in [-0.4, -0.2) is 32.5 Å². The van der Waals surface area contributed by atoms with Gasteiger partial charge in [-0.1, -0.05) is 24.1 Å². The summed E-state index contributed by atoms with van der Waals surface area (Å²) >= 11 is 1.57. The summed E-state index contributed by atoms with van der Waals surface area (Å²) in [6, 6.07) is 3.78. The SMILES string of the molecule is Cc1oc(-c2cccs2)nc1CC(=O)N1CCCCCC1c1ncon1. The van der Waals surface area contributed by atoms with E-state index in [2.05, 4.69) is 15.1 Å². The molecule has 0 bridgehead atoms. The lowest BCUT2D eigenvalue weighted by molar-refractivity contribution is -0.133. The molecule has 7 nitrogen and oxygen atoms in total. The summed E-state index contributed by atoms with van der Waals surface area (Å²) in [5, 5.41) is 5.94. The lowest BCUT2D eigenvalue weighted by Gasteiger charge is -2.27. The second-order valence-corrected chi connectivity index (χ2v) is 7.37. The van der Waals surface area contributed by atoms with E-state index in [-0.39, 0.29) is 18.4 Å². The summed E-state index contributed by atoms with van der Waals surface area (Å²) < 4.78 is 10.7. The van der Waals surface area contributed by atoms with Crippen LogP contribution in [0.25, 0.3) is 10.8 Å². The standard InChI is InChI=1S/C18H20N4O3S/c1-12-13(20-18(25-12)15-7-5-9-26-15)10-16(23)22-8-4-2-3-6-14(22)17-19-11-24-21-17/h5,7,9,11,14H,2-4,6,8,10H2,1H3. The van der Waals surface area contributed by atoms with Gasteiger partial charge in [-0.3, -0.25) is 4.79 Å². The Hall–Kier alpha value is -2.48. The van der Waals surface area contributed by atoms with Gasteiger partial charge in [-0.2, -0.15) is 4.98 Å². The minimum Gasteiger partial charge on any atom is -0.440 e. The van der Waals surface area contributed by atoms with Gasteiger partial charge in [0, 0.05) is 6.54 Å². The highest BCUT2D eigenvalue weighted by molar-refractivity contribution is 7.13. The van der Waals surface area contributed by atoms with Gasteiger partial charge < -0.3 is 13.8 Å². The zero-order chi connectivity index (χ0) is 17.9. The number of hydrogen-bond donors (Lipinski definition) is 0. The van der Waals surface area contributed by atoms with Crippen LogP contribution in [0.5, 0.6) is 0 Å². The normalized spacial score (nSPS) is 18.0. The number of nitrogens with zero attached hydrogens (tertiary/aromatic N) is 4. The fourth-order valence-corrected chi connectivity index (χ4v) is 3.99. The minimum absolute atomic E-state index is 0.0239. The molecule has 3 aromatic heterocycles. The third-order valence-corrected chi connectivity index (χ3v) is 5.55. The molecule has 4 rings (SSSR count). The molecule has 0 N–H and O–H groups in total. The Morgan fingerprint density at radius 1 is 1.38 bits per heavy atom. The van der Waals surface area contributed by atoms with Crippen molar-refractivity contribution in [2.24, 2.45) is 0 Å². The maximum Gasteiger partial charge on any atom is 0.236 e. The summed E-state index contributed by atoms with van der Waals surface area (Å²) in [6.07, 6.45) is 5.52. The zero-order valence-corrected chi connectivity index (χ0v) is 15.4. The van der Waals surface area contributed by atoms with E-state index in [4.69, 9.17) is 8.94 Å². The highest BCUT2D eigenvalue weighted by Gasteiger charge is 2.30. The van der Waals surface area contributed by atoms with Crippen molar-refractivity contribution in [1.82, 2.24) is 20.0 Å². The van der Waals surface area contributed by atoms with Gasteiger partial charge in [0.05, 0.1) is 23.0 Å². The summed E-state index contributed by atoms with van der Waals surface area (Å²) in [6.45, 7) is 2.55. The van der Waals surface area contributed by atoms with E-state index >= 15 is 0 Å². The molecule has 0 aromatic carbocycles. The van der Waals surface area contributed by atoms with E-state index in [0.717, 1.165) is 30.6 Å². The van der Waals surface area contributed by atoms with Crippen LogP contribution in [0, 0.1) is 6.92 Å². The Morgan fingerprint density at radius 3 is 3.08 bits per heavy atom. The number of hydrogen-bond acceptors (Lipinski definition) is 7. The minimum atomic E-state index is -0.132. The number of aryl methyl sites for hydroxylation is 1. The Balaban J connectivity index is 1.54. The van der Waals surface area contributed by atoms with Gasteiger partial charge in [-0.15, -0.1) is 11.3 Å². The van der Waals surface area contributed by atoms with Crippen LogP contribution in [-0.2, 0) is 11.2 Å². The molecular weight excluding hydrogens is 352 g/mol. The molecule has 1 fully saturated rings. The van der Waals surface area contributed by atoms with Crippen molar-refractivity contribution in [3.63, 3.8) is 0 Å². The number of carbonyl (C=O) groups excluding carboxylic acids is 1. The van der Waals surface area contributed by atoms with Crippen LogP contribution in [0.15, 0.2) is 32.8 Å². The fraction of sp³-hybridized carbons (Fsp3) is 0.444. The first-order valence-corrected chi connectivity index (χ1v) is 9.66. The molecule has 8 heteroatoms. The van der Waals surface area contributed by atoms with Crippen LogP contribution in [0.1, 0.15) is 49.0 Å². The predicted octanol–water partition coefficient (Wildman–Crippen LogP) is 3.78. The van der Waals surface area contributed by atoms with E-state index in [9.17, 15) is 4.79 Å². The number of rotatable bonds is 4. The van der Waals surface area contributed by atoms with Crippen molar-refractivity contribution in [3.05, 3.63) is 41.2 Å². The van der Waals surface area contributed by atoms with Crippen molar-refractivity contribution < 1.29 is 13.7 Å². The molecule has 0 spiro atoms. The Morgan fingerprint density at radius 2 is 2.31 bits per heavy atom. The first kappa shape index (κ1) is 17.0. The molecule has 1 aliphatic heterocycles. The van der Waals surface area contributed by atoms with Crippen molar-refractivity contribution in [3.8, 4) is 10.8 Å². The smallest absolute Gasteiger partial charge is 0.236 e. The zero-order valence-electron chi connectivity index (χ0n) is 14.6. The Kier molecular flexibility index (Phi) is 4.83. The largest absolute Gasteiger partial charge is 0.440 e. The van der Waals surface area contributed by atoms with E-state index in [1.807, 2.05) is 29.3 Å². The molecule has 136 valence electrons. The van der Waals surface area contributed by atoms with Crippen LogP contribution in [0.4, 0.5) is 0 Å².